The Bertz CT molecular complexity index is 888. The molecule has 0 bridgehead atoms. The van der Waals surface area contributed by atoms with Crippen LogP contribution in [0.1, 0.15) is 30.9 Å². The number of para-hydroxylation sites is 2. The number of carbonyl (C=O) groups is 1. The summed E-state index contributed by atoms with van der Waals surface area (Å²) in [6.45, 7) is 6.26. The molecule has 0 saturated carbocycles. The number of aliphatic hydroxyl groups is 1. The van der Waals surface area contributed by atoms with E-state index in [2.05, 4.69) is 15.0 Å². The molecule has 0 fully saturated rings. The normalized spacial score (nSPS) is 12.8. The predicted octanol–water partition coefficient (Wildman–Crippen LogP) is 4.16. The van der Waals surface area contributed by atoms with Gasteiger partial charge < -0.3 is 14.8 Å². The Kier molecular flexibility index (Phi) is 6.57. The van der Waals surface area contributed by atoms with E-state index in [4.69, 9.17) is 9.53 Å². The van der Waals surface area contributed by atoms with Crippen molar-refractivity contribution in [3.05, 3.63) is 53.6 Å². The number of nitrogens with one attached hydrogen (secondary N) is 1. The van der Waals surface area contributed by atoms with E-state index in [-0.39, 0.29) is 0 Å². The van der Waals surface area contributed by atoms with Gasteiger partial charge in [-0.2, -0.15) is 0 Å². The van der Waals surface area contributed by atoms with Crippen molar-refractivity contribution in [1.29, 1.82) is 0 Å². The first-order valence-corrected chi connectivity index (χ1v) is 8.34. The lowest BCUT2D eigenvalue weighted by molar-refractivity contribution is 0.0480. The van der Waals surface area contributed by atoms with Crippen LogP contribution >= 0.6 is 0 Å². The molecule has 0 spiro atoms. The second-order valence-electron chi connectivity index (χ2n) is 6.09. The number of benzene rings is 1. The largest absolute Gasteiger partial charge is 0.493 e. The first kappa shape index (κ1) is 20.4. The van der Waals surface area contributed by atoms with E-state index in [1.165, 1.54) is 0 Å². The van der Waals surface area contributed by atoms with Crippen LogP contribution in [0.5, 0.6) is 5.75 Å². The van der Waals surface area contributed by atoms with Crippen molar-refractivity contribution in [3.8, 4) is 5.75 Å². The van der Waals surface area contributed by atoms with Gasteiger partial charge in [0, 0.05) is 18.2 Å². The third kappa shape index (κ3) is 5.30. The number of fused-ring (bicyclic) bond motifs is 1. The summed E-state index contributed by atoms with van der Waals surface area (Å²) < 4.78 is 25.0. The smallest absolute Gasteiger partial charge is 0.483 e. The van der Waals surface area contributed by atoms with E-state index in [0.717, 1.165) is 28.0 Å². The number of halogens is 2. The fourth-order valence-electron chi connectivity index (χ4n) is 2.67. The molecule has 2 heterocycles. The second-order valence-corrected chi connectivity index (χ2v) is 6.09. The van der Waals surface area contributed by atoms with Gasteiger partial charge in [-0.05, 0) is 39.0 Å². The van der Waals surface area contributed by atoms with Crippen LogP contribution in [0.15, 0.2) is 36.5 Å². The summed E-state index contributed by atoms with van der Waals surface area (Å²) in [5, 5.41) is 10.9. The minimum Gasteiger partial charge on any atom is -0.493 e. The van der Waals surface area contributed by atoms with Crippen LogP contribution in [0.25, 0.3) is 11.0 Å². The lowest BCUT2D eigenvalue weighted by Gasteiger charge is -2.22. The molecule has 2 aromatic heterocycles. The number of nitrogens with zero attached hydrogens (tertiary/aromatic N) is 2. The van der Waals surface area contributed by atoms with Crippen LogP contribution in [-0.2, 0) is 12.0 Å². The molecule has 0 amide bonds. The van der Waals surface area contributed by atoms with Gasteiger partial charge in [0.05, 0.1) is 23.3 Å². The molecule has 27 heavy (non-hydrogen) atoms. The maximum atomic E-state index is 10.9. The third-order valence-electron chi connectivity index (χ3n) is 3.97. The average molecular weight is 377 g/mol. The van der Waals surface area contributed by atoms with Gasteiger partial charge >= 0.3 is 6.29 Å². The van der Waals surface area contributed by atoms with Gasteiger partial charge in [-0.15, -0.1) is 8.78 Å². The Morgan fingerprint density at radius 2 is 1.96 bits per heavy atom. The van der Waals surface area contributed by atoms with Crippen LogP contribution in [0.2, 0.25) is 0 Å². The Morgan fingerprint density at radius 3 is 2.59 bits per heavy atom. The molecule has 0 aliphatic carbocycles. The standard InChI is InChI=1S/C18H21N3O2.CF2O/c1-4-23-16-9-10-19-15(12(16)2)11-18(3,22)17-20-13-7-5-6-8-14(13)21-17;2-1(3)4/h5-10,22H,4,11H2,1-3H3,(H,20,21);. The summed E-state index contributed by atoms with van der Waals surface area (Å²) >= 11 is 0. The van der Waals surface area contributed by atoms with Crippen molar-refractivity contribution >= 4 is 17.3 Å². The molecule has 0 radical (unpaired) electrons. The highest BCUT2D eigenvalue weighted by molar-refractivity contribution is 5.74. The van der Waals surface area contributed by atoms with Crippen molar-refractivity contribution in [2.45, 2.75) is 32.8 Å². The summed E-state index contributed by atoms with van der Waals surface area (Å²) in [6.07, 6.45) is -0.762. The number of pyridine rings is 1. The molecule has 0 aliphatic rings. The number of hydrogen-bond acceptors (Lipinski definition) is 5. The third-order valence-corrected chi connectivity index (χ3v) is 3.97. The van der Waals surface area contributed by atoms with Gasteiger partial charge in [-0.1, -0.05) is 12.1 Å². The molecule has 3 aromatic rings. The molecule has 1 atom stereocenters. The fraction of sp³-hybridized carbons (Fsp3) is 0.316. The molecule has 2 N–H and O–H groups in total. The number of aromatic nitrogens is 3. The molecule has 6 nitrogen and oxygen atoms in total. The van der Waals surface area contributed by atoms with Crippen LogP contribution in [0.3, 0.4) is 0 Å². The number of rotatable bonds is 5. The number of carbonyl (C=O) groups excluding carboxylic acids is 1. The quantitative estimate of drug-likeness (QED) is 0.652. The Labute approximate surface area is 155 Å². The van der Waals surface area contributed by atoms with Crippen molar-refractivity contribution in [1.82, 2.24) is 15.0 Å². The first-order chi connectivity index (χ1) is 12.7. The highest BCUT2D eigenvalue weighted by Gasteiger charge is 2.29. The maximum Gasteiger partial charge on any atom is 0.483 e. The van der Waals surface area contributed by atoms with Crippen molar-refractivity contribution in [3.63, 3.8) is 0 Å². The van der Waals surface area contributed by atoms with Gasteiger partial charge in [0.15, 0.2) is 0 Å². The highest BCUT2D eigenvalue weighted by atomic mass is 19.3. The van der Waals surface area contributed by atoms with E-state index in [0.29, 0.717) is 18.9 Å². The van der Waals surface area contributed by atoms with Gasteiger partial charge in [-0.25, -0.2) is 9.78 Å². The molecule has 0 saturated heterocycles. The predicted molar refractivity (Wildman–Crippen MR) is 97.1 cm³/mol. The van der Waals surface area contributed by atoms with Gasteiger partial charge in [0.1, 0.15) is 17.2 Å². The van der Waals surface area contributed by atoms with E-state index in [1.54, 1.807) is 13.1 Å². The highest BCUT2D eigenvalue weighted by Crippen LogP contribution is 2.28. The van der Waals surface area contributed by atoms with Crippen LogP contribution in [0, 0.1) is 6.92 Å². The number of H-pyrrole nitrogens is 1. The van der Waals surface area contributed by atoms with E-state index < -0.39 is 11.9 Å². The molecular formula is C19H21F2N3O3. The lowest BCUT2D eigenvalue weighted by atomic mass is 9.96. The summed E-state index contributed by atoms with van der Waals surface area (Å²) in [5.74, 6) is 1.35. The molecule has 8 heteroatoms. The number of imidazole rings is 1. The average Bonchev–Trinajstić information content (AvgIpc) is 3.03. The molecule has 144 valence electrons. The van der Waals surface area contributed by atoms with Crippen molar-refractivity contribution in [2.24, 2.45) is 0 Å². The zero-order valence-corrected chi connectivity index (χ0v) is 15.3. The second kappa shape index (κ2) is 8.68. The first-order valence-electron chi connectivity index (χ1n) is 8.34. The minimum atomic E-state index is -2.83. The summed E-state index contributed by atoms with van der Waals surface area (Å²) in [4.78, 5) is 20.2. The number of aromatic amines is 1. The van der Waals surface area contributed by atoms with Crippen LogP contribution < -0.4 is 4.74 Å². The van der Waals surface area contributed by atoms with Crippen molar-refractivity contribution < 1.29 is 23.4 Å². The molecule has 1 unspecified atom stereocenters. The SMILES string of the molecule is CCOc1ccnc(CC(C)(O)c2nc3ccccc3[nH]2)c1C.O=C(F)F. The molecule has 1 aromatic carbocycles. The Hall–Kier alpha value is -2.87. The van der Waals surface area contributed by atoms with E-state index >= 15 is 0 Å². The Balaban J connectivity index is 0.000000596. The number of hydrogen-bond donors (Lipinski definition) is 2. The summed E-state index contributed by atoms with van der Waals surface area (Å²) in [5.41, 5.74) is 2.37. The zero-order chi connectivity index (χ0) is 20.0. The maximum absolute atomic E-state index is 10.9. The van der Waals surface area contributed by atoms with Gasteiger partial charge in [-0.3, -0.25) is 4.98 Å². The topological polar surface area (TPSA) is 88.1 Å². The zero-order valence-electron chi connectivity index (χ0n) is 15.3. The monoisotopic (exact) mass is 377 g/mol. The Morgan fingerprint density at radius 1 is 1.30 bits per heavy atom. The van der Waals surface area contributed by atoms with Gasteiger partial charge in [0.25, 0.3) is 0 Å². The van der Waals surface area contributed by atoms with E-state index in [9.17, 15) is 13.9 Å². The minimum absolute atomic E-state index is 0.361. The molecular weight excluding hydrogens is 356 g/mol. The summed E-state index contributed by atoms with van der Waals surface area (Å²) in [7, 11) is 0. The molecule has 0 aliphatic heterocycles. The lowest BCUT2D eigenvalue weighted by Crippen LogP contribution is -2.27. The summed E-state index contributed by atoms with van der Waals surface area (Å²) in [6, 6.07) is 9.58. The number of ether oxygens (including phenoxy) is 1. The van der Waals surface area contributed by atoms with Crippen LogP contribution in [-0.4, -0.2) is 33.0 Å². The van der Waals surface area contributed by atoms with E-state index in [1.807, 2.05) is 44.2 Å². The van der Waals surface area contributed by atoms with Gasteiger partial charge in [0.2, 0.25) is 0 Å². The van der Waals surface area contributed by atoms with Crippen LogP contribution in [0.4, 0.5) is 13.6 Å². The molecule has 3 rings (SSSR count). The van der Waals surface area contributed by atoms with Crippen molar-refractivity contribution in [2.75, 3.05) is 6.61 Å². The fourth-order valence-corrected chi connectivity index (χ4v) is 2.67.